The molecule has 276 valence electrons. The molecule has 4 heterocycles. The average Bonchev–Trinajstić information content (AvgIpc) is 4.02. The zero-order valence-corrected chi connectivity index (χ0v) is 32.2. The van der Waals surface area contributed by atoms with Gasteiger partial charge in [-0.05, 0) is 64.7 Å². The molecule has 8 aromatic carbocycles. The first kappa shape index (κ1) is 33.4. The van der Waals surface area contributed by atoms with Crippen LogP contribution < -0.4 is 0 Å². The molecule has 0 fully saturated rings. The van der Waals surface area contributed by atoms with Crippen molar-refractivity contribution in [1.29, 1.82) is 0 Å². The predicted molar refractivity (Wildman–Crippen MR) is 240 cm³/mol. The lowest BCUT2D eigenvalue weighted by molar-refractivity contribution is 0.620. The fraction of sp³-hybridized carbons (Fsp3) is 0. The predicted octanol–water partition coefficient (Wildman–Crippen LogP) is 14.3. The number of benzene rings is 8. The Labute approximate surface area is 341 Å². The van der Waals surface area contributed by atoms with E-state index in [9.17, 15) is 0 Å². The van der Waals surface area contributed by atoms with Crippen LogP contribution in [0.3, 0.4) is 0 Å². The molecule has 59 heavy (non-hydrogen) atoms. The molecule has 0 unspecified atom stereocenters. The fourth-order valence-electron chi connectivity index (χ4n) is 8.08. The first-order valence-corrected chi connectivity index (χ1v) is 20.3. The van der Waals surface area contributed by atoms with Crippen molar-refractivity contribution >= 4 is 64.5 Å². The maximum Gasteiger partial charge on any atom is 0.227 e. The van der Waals surface area contributed by atoms with Crippen molar-refractivity contribution < 1.29 is 8.83 Å². The van der Waals surface area contributed by atoms with Gasteiger partial charge in [0.25, 0.3) is 0 Å². The summed E-state index contributed by atoms with van der Waals surface area (Å²) in [7, 11) is 0. The molecule has 0 amide bonds. The van der Waals surface area contributed by atoms with E-state index in [0.717, 1.165) is 72.0 Å². The van der Waals surface area contributed by atoms with Crippen LogP contribution in [0.4, 0.5) is 0 Å². The largest absolute Gasteiger partial charge is 0.455 e. The highest BCUT2D eigenvalue weighted by Crippen LogP contribution is 2.42. The maximum atomic E-state index is 6.40. The molecule has 0 aliphatic heterocycles. The van der Waals surface area contributed by atoms with Crippen LogP contribution in [0.25, 0.3) is 121 Å². The number of aromatic nitrogens is 4. The third-order valence-electron chi connectivity index (χ3n) is 11.0. The molecule has 0 aliphatic carbocycles. The van der Waals surface area contributed by atoms with E-state index in [4.69, 9.17) is 28.8 Å². The number of para-hydroxylation sites is 2. The van der Waals surface area contributed by atoms with Crippen molar-refractivity contribution in [2.45, 2.75) is 0 Å². The summed E-state index contributed by atoms with van der Waals surface area (Å²) in [5.74, 6) is 2.37. The number of furan rings is 1. The zero-order chi connectivity index (χ0) is 38.9. The van der Waals surface area contributed by atoms with E-state index >= 15 is 0 Å². The van der Waals surface area contributed by atoms with Crippen molar-refractivity contribution in [2.75, 3.05) is 0 Å². The van der Waals surface area contributed by atoms with Gasteiger partial charge in [-0.1, -0.05) is 140 Å². The number of hydrogen-bond acceptors (Lipinski definition) is 7. The lowest BCUT2D eigenvalue weighted by Crippen LogP contribution is -2.00. The van der Waals surface area contributed by atoms with Crippen LogP contribution >= 0.6 is 11.3 Å². The maximum absolute atomic E-state index is 6.40. The monoisotopic (exact) mass is 774 g/mol. The summed E-state index contributed by atoms with van der Waals surface area (Å²) in [6.45, 7) is 0. The smallest absolute Gasteiger partial charge is 0.227 e. The second kappa shape index (κ2) is 13.4. The van der Waals surface area contributed by atoms with Crippen LogP contribution in [0.5, 0.6) is 0 Å². The van der Waals surface area contributed by atoms with E-state index < -0.39 is 0 Å². The van der Waals surface area contributed by atoms with Crippen molar-refractivity contribution in [2.24, 2.45) is 0 Å². The van der Waals surface area contributed by atoms with Gasteiger partial charge in [0.15, 0.2) is 23.1 Å². The van der Waals surface area contributed by atoms with Crippen LogP contribution in [0.2, 0.25) is 0 Å². The van der Waals surface area contributed by atoms with Gasteiger partial charge in [-0.3, -0.25) is 0 Å². The SMILES string of the molecule is c1ccc(-c2ccc3nc(-c4ccc5sc6c(-c7ccc(-c8nc(-c9ccccc9)nc(-c9cccc%10c9oc9ccccc9%10)n8)cc7)cccc6c5c4)oc3c2)cc1. The highest BCUT2D eigenvalue weighted by Gasteiger charge is 2.19. The van der Waals surface area contributed by atoms with Gasteiger partial charge in [0, 0.05) is 47.6 Å². The molecule has 0 saturated heterocycles. The van der Waals surface area contributed by atoms with Crippen molar-refractivity contribution in [3.8, 4) is 67.9 Å². The van der Waals surface area contributed by atoms with Gasteiger partial charge in [-0.2, -0.15) is 0 Å². The number of hydrogen-bond donors (Lipinski definition) is 0. The number of oxazole rings is 1. The summed E-state index contributed by atoms with van der Waals surface area (Å²) in [4.78, 5) is 20.0. The summed E-state index contributed by atoms with van der Waals surface area (Å²) >= 11 is 1.80. The highest BCUT2D eigenvalue weighted by molar-refractivity contribution is 7.26. The van der Waals surface area contributed by atoms with Crippen molar-refractivity contribution in [1.82, 2.24) is 19.9 Å². The minimum atomic E-state index is 0.562. The van der Waals surface area contributed by atoms with E-state index in [1.165, 1.54) is 25.7 Å². The van der Waals surface area contributed by atoms with E-state index in [2.05, 4.69) is 97.1 Å². The molecular weight excluding hydrogens is 745 g/mol. The van der Waals surface area contributed by atoms with Crippen molar-refractivity contribution in [3.05, 3.63) is 182 Å². The van der Waals surface area contributed by atoms with Gasteiger partial charge >= 0.3 is 0 Å². The minimum Gasteiger partial charge on any atom is -0.455 e. The lowest BCUT2D eigenvalue weighted by Gasteiger charge is -2.10. The van der Waals surface area contributed by atoms with Gasteiger partial charge < -0.3 is 8.83 Å². The van der Waals surface area contributed by atoms with Gasteiger partial charge in [0.05, 0.1) is 5.56 Å². The topological polar surface area (TPSA) is 77.8 Å². The quantitative estimate of drug-likeness (QED) is 0.167. The number of nitrogens with zero attached hydrogens (tertiary/aromatic N) is 4. The summed E-state index contributed by atoms with van der Waals surface area (Å²) < 4.78 is 15.2. The summed E-state index contributed by atoms with van der Waals surface area (Å²) in [5.41, 5.74) is 11.3. The molecular formula is C52H30N4O2S. The standard InChI is InChI=1S/C52H30N4O2S/c1-3-11-31(12-4-1)35-25-27-43-45(30-35)58-52(53-43)36-26-28-46-42(29-36)40-18-9-16-37(48(40)59-46)32-21-23-34(24-22-32)50-54-49(33-13-5-2-6-14-33)55-51(56-50)41-19-10-17-39-38-15-7-8-20-44(38)57-47(39)41/h1-30H. The third kappa shape index (κ3) is 5.70. The van der Waals surface area contributed by atoms with Crippen LogP contribution in [0.1, 0.15) is 0 Å². The minimum absolute atomic E-state index is 0.562. The third-order valence-corrected chi connectivity index (χ3v) is 12.2. The molecule has 0 saturated carbocycles. The second-order valence-corrected chi connectivity index (χ2v) is 15.6. The normalized spacial score (nSPS) is 11.7. The van der Waals surface area contributed by atoms with Gasteiger partial charge in [0.2, 0.25) is 5.89 Å². The Morgan fingerprint density at radius 1 is 0.356 bits per heavy atom. The van der Waals surface area contributed by atoms with Gasteiger partial charge in [0.1, 0.15) is 16.7 Å². The van der Waals surface area contributed by atoms with E-state index in [1.807, 2.05) is 84.9 Å². The number of rotatable bonds is 6. The average molecular weight is 775 g/mol. The molecule has 6 nitrogen and oxygen atoms in total. The Kier molecular flexibility index (Phi) is 7.61. The Balaban J connectivity index is 0.914. The molecule has 4 aromatic heterocycles. The van der Waals surface area contributed by atoms with Crippen LogP contribution in [0.15, 0.2) is 191 Å². The van der Waals surface area contributed by atoms with Crippen LogP contribution in [-0.4, -0.2) is 19.9 Å². The molecule has 0 bridgehead atoms. The molecule has 0 atom stereocenters. The molecule has 12 rings (SSSR count). The number of fused-ring (bicyclic) bond motifs is 7. The Bertz CT molecular complexity index is 3550. The van der Waals surface area contributed by atoms with Crippen molar-refractivity contribution in [3.63, 3.8) is 0 Å². The van der Waals surface area contributed by atoms with Crippen LogP contribution in [-0.2, 0) is 0 Å². The first-order valence-electron chi connectivity index (χ1n) is 19.4. The molecule has 0 spiro atoms. The molecule has 0 aliphatic rings. The molecule has 7 heteroatoms. The first-order chi connectivity index (χ1) is 29.2. The Morgan fingerprint density at radius 3 is 1.80 bits per heavy atom. The number of thiophene rings is 1. The van der Waals surface area contributed by atoms with Gasteiger partial charge in [-0.25, -0.2) is 19.9 Å². The molecule has 0 radical (unpaired) electrons. The van der Waals surface area contributed by atoms with E-state index in [1.54, 1.807) is 11.3 Å². The molecule has 12 aromatic rings. The van der Waals surface area contributed by atoms with Crippen LogP contribution in [0, 0.1) is 0 Å². The van der Waals surface area contributed by atoms with Gasteiger partial charge in [-0.15, -0.1) is 11.3 Å². The highest BCUT2D eigenvalue weighted by atomic mass is 32.1. The second-order valence-electron chi connectivity index (χ2n) is 14.6. The lowest BCUT2D eigenvalue weighted by atomic mass is 10.0. The zero-order valence-electron chi connectivity index (χ0n) is 31.3. The summed E-state index contributed by atoms with van der Waals surface area (Å²) in [5, 5.41) is 4.47. The summed E-state index contributed by atoms with van der Waals surface area (Å²) in [6, 6.07) is 62.4. The van der Waals surface area contributed by atoms with E-state index in [-0.39, 0.29) is 0 Å². The Hall–Kier alpha value is -7.74. The van der Waals surface area contributed by atoms with E-state index in [0.29, 0.717) is 23.4 Å². The molecule has 0 N–H and O–H groups in total. The summed E-state index contributed by atoms with van der Waals surface area (Å²) in [6.07, 6.45) is 0. The fourth-order valence-corrected chi connectivity index (χ4v) is 9.30. The Morgan fingerprint density at radius 2 is 0.983 bits per heavy atom.